The average Bonchev–Trinajstić information content (AvgIpc) is 3.30. The van der Waals surface area contributed by atoms with Crippen molar-refractivity contribution in [2.45, 2.75) is 13.0 Å². The third-order valence-corrected chi connectivity index (χ3v) is 5.22. The van der Waals surface area contributed by atoms with Gasteiger partial charge in [0, 0.05) is 36.9 Å². The van der Waals surface area contributed by atoms with Crippen LogP contribution >= 0.6 is 0 Å². The van der Waals surface area contributed by atoms with Gasteiger partial charge in [0.25, 0.3) is 0 Å². The van der Waals surface area contributed by atoms with Gasteiger partial charge in [0.2, 0.25) is 0 Å². The molecule has 0 saturated heterocycles. The first-order valence-electron chi connectivity index (χ1n) is 10.1. The minimum atomic E-state index is -1.03. The molecule has 4 rings (SSSR count). The maximum Gasteiger partial charge on any atom is 0.335 e. The van der Waals surface area contributed by atoms with E-state index in [0.717, 1.165) is 16.9 Å². The average molecular weight is 433 g/mol. The molecule has 0 amide bonds. The van der Waals surface area contributed by atoms with Crippen LogP contribution in [0.5, 0.6) is 0 Å². The molecule has 1 heterocycles. The van der Waals surface area contributed by atoms with Gasteiger partial charge in [0.05, 0.1) is 11.9 Å². The van der Waals surface area contributed by atoms with Crippen molar-refractivity contribution in [1.29, 1.82) is 0 Å². The summed E-state index contributed by atoms with van der Waals surface area (Å²) >= 11 is 0. The Labute approximate surface area is 184 Å². The van der Waals surface area contributed by atoms with Crippen LogP contribution in [0.15, 0.2) is 85.5 Å². The number of hydrogen-bond donors (Lipinski definition) is 1. The van der Waals surface area contributed by atoms with Gasteiger partial charge in [-0.15, -0.1) is 0 Å². The number of carbonyl (C=O) groups is 1. The van der Waals surface area contributed by atoms with Gasteiger partial charge in [-0.05, 0) is 72.1 Å². The van der Waals surface area contributed by atoms with E-state index in [-0.39, 0.29) is 17.2 Å². The fourth-order valence-corrected chi connectivity index (χ4v) is 3.59. The largest absolute Gasteiger partial charge is 0.478 e. The zero-order valence-corrected chi connectivity index (χ0v) is 17.2. The number of aromatic nitrogens is 2. The van der Waals surface area contributed by atoms with Crippen molar-refractivity contribution in [1.82, 2.24) is 9.55 Å². The molecule has 1 N–H and O–H groups in total. The monoisotopic (exact) mass is 433 g/mol. The molecule has 0 aliphatic rings. The summed E-state index contributed by atoms with van der Waals surface area (Å²) in [5.74, 6) is -1.70. The molecule has 0 radical (unpaired) electrons. The molecule has 0 unspecified atom stereocenters. The predicted molar refractivity (Wildman–Crippen MR) is 118 cm³/mol. The summed E-state index contributed by atoms with van der Waals surface area (Å²) in [5.41, 5.74) is 3.15. The van der Waals surface area contributed by atoms with E-state index in [1.807, 2.05) is 21.7 Å². The molecule has 0 fully saturated rings. The van der Waals surface area contributed by atoms with E-state index in [4.69, 9.17) is 0 Å². The first kappa shape index (κ1) is 21.2. The number of nitrogens with zero attached hydrogens (tertiary/aromatic N) is 3. The van der Waals surface area contributed by atoms with E-state index in [2.05, 4.69) is 4.98 Å². The topological polar surface area (TPSA) is 58.4 Å². The van der Waals surface area contributed by atoms with Gasteiger partial charge in [-0.1, -0.05) is 12.1 Å². The second-order valence-corrected chi connectivity index (χ2v) is 7.38. The molecule has 0 saturated carbocycles. The van der Waals surface area contributed by atoms with Crippen LogP contribution in [0.3, 0.4) is 0 Å². The molecule has 5 nitrogen and oxygen atoms in total. The van der Waals surface area contributed by atoms with Crippen LogP contribution < -0.4 is 4.90 Å². The highest BCUT2D eigenvalue weighted by Crippen LogP contribution is 2.29. The molecule has 7 heteroatoms. The molecular weight excluding hydrogens is 412 g/mol. The summed E-state index contributed by atoms with van der Waals surface area (Å²) in [6.45, 7) is 1.19. The summed E-state index contributed by atoms with van der Waals surface area (Å²) < 4.78 is 28.7. The Hall–Kier alpha value is -4.00. The zero-order chi connectivity index (χ0) is 22.5. The van der Waals surface area contributed by atoms with Crippen LogP contribution in [0.25, 0.3) is 0 Å². The number of rotatable bonds is 8. The van der Waals surface area contributed by atoms with Crippen LogP contribution in [0.2, 0.25) is 0 Å². The number of carboxylic acid groups (broad SMARTS) is 1. The number of anilines is 2. The van der Waals surface area contributed by atoms with Crippen molar-refractivity contribution in [3.63, 3.8) is 0 Å². The maximum atomic E-state index is 13.5. The van der Waals surface area contributed by atoms with Crippen LogP contribution in [-0.4, -0.2) is 27.2 Å². The number of aromatic carboxylic acids is 1. The van der Waals surface area contributed by atoms with E-state index >= 15 is 0 Å². The molecule has 0 atom stereocenters. The molecule has 1 aromatic heterocycles. The maximum absolute atomic E-state index is 13.5. The van der Waals surface area contributed by atoms with Gasteiger partial charge >= 0.3 is 5.97 Å². The van der Waals surface area contributed by atoms with Crippen molar-refractivity contribution in [2.75, 3.05) is 11.4 Å². The highest BCUT2D eigenvalue weighted by molar-refractivity contribution is 5.90. The van der Waals surface area contributed by atoms with Gasteiger partial charge < -0.3 is 14.6 Å². The normalized spacial score (nSPS) is 10.8. The molecule has 0 aliphatic carbocycles. The predicted octanol–water partition coefficient (Wildman–Crippen LogP) is 5.29. The van der Waals surface area contributed by atoms with Crippen LogP contribution in [0, 0.1) is 11.6 Å². The third kappa shape index (κ3) is 5.00. The Morgan fingerprint density at radius 1 is 0.938 bits per heavy atom. The standard InChI is InChI=1S/C25H21F2N3O2/c26-20-3-1-18(2-4-20)15-19-16-23(9-10-24(19)25(31)32)30(14-13-29-12-11-28-17-29)22-7-5-21(27)6-8-22/h1-12,16-17H,13-15H2,(H,31,32). The number of benzene rings is 3. The number of halogens is 2. The van der Waals surface area contributed by atoms with Crippen molar-refractivity contribution in [3.8, 4) is 0 Å². The minimum absolute atomic E-state index is 0.187. The number of carboxylic acids is 1. The highest BCUT2D eigenvalue weighted by Gasteiger charge is 2.16. The highest BCUT2D eigenvalue weighted by atomic mass is 19.1. The quantitative estimate of drug-likeness (QED) is 0.410. The summed E-state index contributed by atoms with van der Waals surface area (Å²) in [4.78, 5) is 17.9. The second kappa shape index (κ2) is 9.43. The molecule has 0 spiro atoms. The Kier molecular flexibility index (Phi) is 6.26. The lowest BCUT2D eigenvalue weighted by molar-refractivity contribution is 0.0696. The van der Waals surface area contributed by atoms with Gasteiger partial charge in [-0.2, -0.15) is 0 Å². The van der Waals surface area contributed by atoms with Gasteiger partial charge in [0.1, 0.15) is 11.6 Å². The lowest BCUT2D eigenvalue weighted by Crippen LogP contribution is -2.22. The van der Waals surface area contributed by atoms with Crippen molar-refractivity contribution in [3.05, 3.63) is 114 Å². The zero-order valence-electron chi connectivity index (χ0n) is 17.2. The lowest BCUT2D eigenvalue weighted by Gasteiger charge is -2.26. The summed E-state index contributed by atoms with van der Waals surface area (Å²) in [6, 6.07) is 17.3. The van der Waals surface area contributed by atoms with Gasteiger partial charge in [-0.3, -0.25) is 0 Å². The first-order chi connectivity index (χ1) is 15.5. The molecule has 3 aromatic carbocycles. The third-order valence-electron chi connectivity index (χ3n) is 5.22. The number of imidazole rings is 1. The molecule has 32 heavy (non-hydrogen) atoms. The smallest absolute Gasteiger partial charge is 0.335 e. The van der Waals surface area contributed by atoms with Crippen molar-refractivity contribution in [2.24, 2.45) is 0 Å². The lowest BCUT2D eigenvalue weighted by atomic mass is 9.98. The SMILES string of the molecule is O=C(O)c1ccc(N(CCn2ccnc2)c2ccc(F)cc2)cc1Cc1ccc(F)cc1. The Balaban J connectivity index is 1.71. The van der Waals surface area contributed by atoms with Crippen LogP contribution in [0.4, 0.5) is 20.2 Å². The summed E-state index contributed by atoms with van der Waals surface area (Å²) in [5, 5.41) is 9.67. The Bertz CT molecular complexity index is 1190. The van der Waals surface area contributed by atoms with E-state index in [0.29, 0.717) is 25.1 Å². The molecule has 0 bridgehead atoms. The summed E-state index contributed by atoms with van der Waals surface area (Å²) in [7, 11) is 0. The molecular formula is C25H21F2N3O2. The number of hydrogen-bond acceptors (Lipinski definition) is 3. The Morgan fingerprint density at radius 2 is 1.59 bits per heavy atom. The van der Waals surface area contributed by atoms with Gasteiger partial charge in [-0.25, -0.2) is 18.6 Å². The van der Waals surface area contributed by atoms with Crippen LogP contribution in [0.1, 0.15) is 21.5 Å². The molecule has 4 aromatic rings. The minimum Gasteiger partial charge on any atom is -0.478 e. The fraction of sp³-hybridized carbons (Fsp3) is 0.120. The van der Waals surface area contributed by atoms with E-state index < -0.39 is 5.97 Å². The fourth-order valence-electron chi connectivity index (χ4n) is 3.59. The second-order valence-electron chi connectivity index (χ2n) is 7.38. The van der Waals surface area contributed by atoms with E-state index in [1.165, 1.54) is 24.3 Å². The Morgan fingerprint density at radius 3 is 2.22 bits per heavy atom. The van der Waals surface area contributed by atoms with E-state index in [1.54, 1.807) is 48.9 Å². The van der Waals surface area contributed by atoms with Crippen LogP contribution in [-0.2, 0) is 13.0 Å². The molecule has 0 aliphatic heterocycles. The summed E-state index contributed by atoms with van der Waals surface area (Å²) in [6.07, 6.45) is 5.62. The first-order valence-corrected chi connectivity index (χ1v) is 10.1. The van der Waals surface area contributed by atoms with Crippen molar-refractivity contribution >= 4 is 17.3 Å². The van der Waals surface area contributed by atoms with Crippen molar-refractivity contribution < 1.29 is 18.7 Å². The van der Waals surface area contributed by atoms with Gasteiger partial charge in [0.15, 0.2) is 0 Å². The molecule has 162 valence electrons. The van der Waals surface area contributed by atoms with E-state index in [9.17, 15) is 18.7 Å².